The number of methoxy groups -OCH3 is 1. The standard InChI is InChI=1S/C28H21ClN4O2/c1-35-25-15-21(14-22(29)16-25)27-26(19-10-12-30-13-11-19)18-33(32-27)24-9-5-8-23(17-24)31-28(34)20-6-3-2-4-7-20/h2-18H,1H3,(H,31,34). The predicted molar refractivity (Wildman–Crippen MR) is 138 cm³/mol. The number of benzene rings is 3. The van der Waals surface area contributed by atoms with Gasteiger partial charge in [-0.2, -0.15) is 5.10 Å². The maximum atomic E-state index is 12.6. The normalized spacial score (nSPS) is 10.7. The second-order valence-electron chi connectivity index (χ2n) is 7.82. The fourth-order valence-corrected chi connectivity index (χ4v) is 4.02. The van der Waals surface area contributed by atoms with Crippen LogP contribution in [0.25, 0.3) is 28.1 Å². The minimum Gasteiger partial charge on any atom is -0.497 e. The minimum absolute atomic E-state index is 0.174. The third-order valence-electron chi connectivity index (χ3n) is 5.49. The lowest BCUT2D eigenvalue weighted by Crippen LogP contribution is -2.11. The molecule has 0 bridgehead atoms. The number of nitrogens with zero attached hydrogens (tertiary/aromatic N) is 3. The lowest BCUT2D eigenvalue weighted by Gasteiger charge is -2.08. The van der Waals surface area contributed by atoms with E-state index in [1.165, 1.54) is 0 Å². The Labute approximate surface area is 207 Å². The fraction of sp³-hybridized carbons (Fsp3) is 0.0357. The van der Waals surface area contributed by atoms with E-state index < -0.39 is 0 Å². The van der Waals surface area contributed by atoms with E-state index in [-0.39, 0.29) is 5.91 Å². The average molecular weight is 481 g/mol. The third-order valence-corrected chi connectivity index (χ3v) is 5.71. The van der Waals surface area contributed by atoms with E-state index in [0.29, 0.717) is 22.0 Å². The van der Waals surface area contributed by atoms with E-state index in [1.807, 2.05) is 72.9 Å². The summed E-state index contributed by atoms with van der Waals surface area (Å²) in [7, 11) is 1.60. The molecule has 0 aliphatic rings. The Bertz CT molecular complexity index is 1480. The molecule has 5 rings (SSSR count). The van der Waals surface area contributed by atoms with Gasteiger partial charge in [-0.1, -0.05) is 35.9 Å². The van der Waals surface area contributed by atoms with Crippen LogP contribution in [0.4, 0.5) is 5.69 Å². The summed E-state index contributed by atoms with van der Waals surface area (Å²) in [4.78, 5) is 16.8. The molecule has 0 unspecified atom stereocenters. The van der Waals surface area contributed by atoms with E-state index in [9.17, 15) is 4.79 Å². The summed E-state index contributed by atoms with van der Waals surface area (Å²) in [6.45, 7) is 0. The monoisotopic (exact) mass is 480 g/mol. The summed E-state index contributed by atoms with van der Waals surface area (Å²) in [6, 6.07) is 26.0. The first kappa shape index (κ1) is 22.4. The van der Waals surface area contributed by atoms with Gasteiger partial charge in [0.1, 0.15) is 11.4 Å². The van der Waals surface area contributed by atoms with Crippen molar-refractivity contribution in [2.45, 2.75) is 0 Å². The SMILES string of the molecule is COc1cc(Cl)cc(-c2nn(-c3cccc(NC(=O)c4ccccc4)c3)cc2-c2ccncc2)c1. The molecule has 0 atom stereocenters. The second kappa shape index (κ2) is 9.83. The molecular formula is C28H21ClN4O2. The summed E-state index contributed by atoms with van der Waals surface area (Å²) in [5, 5.41) is 8.40. The first-order chi connectivity index (χ1) is 17.1. The summed E-state index contributed by atoms with van der Waals surface area (Å²) in [6.07, 6.45) is 5.44. The Morgan fingerprint density at radius 3 is 2.49 bits per heavy atom. The predicted octanol–water partition coefficient (Wildman–Crippen LogP) is 6.52. The van der Waals surface area contributed by atoms with Gasteiger partial charge in [0.2, 0.25) is 0 Å². The van der Waals surface area contributed by atoms with Crippen LogP contribution in [0.2, 0.25) is 5.02 Å². The van der Waals surface area contributed by atoms with Crippen molar-refractivity contribution in [1.82, 2.24) is 14.8 Å². The zero-order valence-electron chi connectivity index (χ0n) is 18.9. The molecule has 0 fully saturated rings. The number of hydrogen-bond donors (Lipinski definition) is 1. The van der Waals surface area contributed by atoms with Crippen LogP contribution in [0, 0.1) is 0 Å². The number of amides is 1. The average Bonchev–Trinajstić information content (AvgIpc) is 3.35. The van der Waals surface area contributed by atoms with Crippen LogP contribution in [0.5, 0.6) is 5.75 Å². The molecule has 0 saturated heterocycles. The van der Waals surface area contributed by atoms with Gasteiger partial charge in [0, 0.05) is 46.0 Å². The molecule has 2 aromatic heterocycles. The van der Waals surface area contributed by atoms with E-state index in [4.69, 9.17) is 21.4 Å². The summed E-state index contributed by atoms with van der Waals surface area (Å²) < 4.78 is 7.20. The highest BCUT2D eigenvalue weighted by molar-refractivity contribution is 6.31. The molecule has 1 amide bonds. The van der Waals surface area contributed by atoms with Gasteiger partial charge in [0.15, 0.2) is 0 Å². The molecule has 0 radical (unpaired) electrons. The zero-order valence-corrected chi connectivity index (χ0v) is 19.6. The lowest BCUT2D eigenvalue weighted by atomic mass is 10.0. The van der Waals surface area contributed by atoms with Gasteiger partial charge < -0.3 is 10.1 Å². The Morgan fingerprint density at radius 1 is 0.914 bits per heavy atom. The number of rotatable bonds is 6. The van der Waals surface area contributed by atoms with Gasteiger partial charge in [-0.3, -0.25) is 9.78 Å². The molecule has 172 valence electrons. The van der Waals surface area contributed by atoms with Gasteiger partial charge in [0.25, 0.3) is 5.91 Å². The molecule has 0 aliphatic carbocycles. The topological polar surface area (TPSA) is 69.0 Å². The Morgan fingerprint density at radius 2 is 1.71 bits per heavy atom. The van der Waals surface area contributed by atoms with Gasteiger partial charge in [-0.15, -0.1) is 0 Å². The molecule has 35 heavy (non-hydrogen) atoms. The van der Waals surface area contributed by atoms with Crippen molar-refractivity contribution >= 4 is 23.2 Å². The van der Waals surface area contributed by atoms with E-state index in [2.05, 4.69) is 10.3 Å². The molecule has 0 aliphatic heterocycles. The van der Waals surface area contributed by atoms with E-state index >= 15 is 0 Å². The van der Waals surface area contributed by atoms with Crippen LogP contribution in [-0.2, 0) is 0 Å². The number of ether oxygens (including phenoxy) is 1. The van der Waals surface area contributed by atoms with Crippen LogP contribution in [0.1, 0.15) is 10.4 Å². The highest BCUT2D eigenvalue weighted by atomic mass is 35.5. The van der Waals surface area contributed by atoms with Crippen molar-refractivity contribution in [2.24, 2.45) is 0 Å². The molecule has 2 heterocycles. The smallest absolute Gasteiger partial charge is 0.255 e. The molecule has 7 heteroatoms. The second-order valence-corrected chi connectivity index (χ2v) is 8.26. The molecule has 0 spiro atoms. The van der Waals surface area contributed by atoms with Gasteiger partial charge >= 0.3 is 0 Å². The molecular weight excluding hydrogens is 460 g/mol. The van der Waals surface area contributed by atoms with Crippen molar-refractivity contribution < 1.29 is 9.53 Å². The number of anilines is 1. The fourth-order valence-electron chi connectivity index (χ4n) is 3.80. The van der Waals surface area contributed by atoms with Crippen molar-refractivity contribution in [1.29, 1.82) is 0 Å². The summed E-state index contributed by atoms with van der Waals surface area (Å²) in [5.41, 5.74) is 5.51. The van der Waals surface area contributed by atoms with Crippen LogP contribution in [0.15, 0.2) is 104 Å². The Hall–Kier alpha value is -4.42. The van der Waals surface area contributed by atoms with Crippen molar-refractivity contribution in [3.63, 3.8) is 0 Å². The maximum absolute atomic E-state index is 12.6. The summed E-state index contributed by atoms with van der Waals surface area (Å²) in [5.74, 6) is 0.473. The van der Waals surface area contributed by atoms with Gasteiger partial charge in [-0.25, -0.2) is 4.68 Å². The number of carbonyl (C=O) groups excluding carboxylic acids is 1. The number of nitrogens with one attached hydrogen (secondary N) is 1. The number of halogens is 1. The first-order valence-electron chi connectivity index (χ1n) is 10.9. The van der Waals surface area contributed by atoms with Gasteiger partial charge in [0.05, 0.1) is 12.8 Å². The first-order valence-corrected chi connectivity index (χ1v) is 11.3. The van der Waals surface area contributed by atoms with Crippen molar-refractivity contribution in [3.8, 4) is 33.8 Å². The van der Waals surface area contributed by atoms with E-state index in [0.717, 1.165) is 28.1 Å². The summed E-state index contributed by atoms with van der Waals surface area (Å²) >= 11 is 6.36. The van der Waals surface area contributed by atoms with Crippen LogP contribution in [-0.4, -0.2) is 27.8 Å². The number of hydrogen-bond acceptors (Lipinski definition) is 4. The highest BCUT2D eigenvalue weighted by Gasteiger charge is 2.16. The van der Waals surface area contributed by atoms with Crippen LogP contribution in [0.3, 0.4) is 0 Å². The number of carbonyl (C=O) groups is 1. The van der Waals surface area contributed by atoms with Crippen LogP contribution >= 0.6 is 11.6 Å². The minimum atomic E-state index is -0.174. The molecule has 6 nitrogen and oxygen atoms in total. The molecule has 3 aromatic carbocycles. The Balaban J connectivity index is 1.55. The molecule has 5 aromatic rings. The maximum Gasteiger partial charge on any atom is 0.255 e. The third kappa shape index (κ3) is 4.93. The van der Waals surface area contributed by atoms with Gasteiger partial charge in [-0.05, 0) is 66.2 Å². The molecule has 0 saturated carbocycles. The van der Waals surface area contributed by atoms with Crippen molar-refractivity contribution in [3.05, 3.63) is 114 Å². The Kier molecular flexibility index (Phi) is 6.28. The number of pyridine rings is 1. The number of aromatic nitrogens is 3. The quantitative estimate of drug-likeness (QED) is 0.300. The van der Waals surface area contributed by atoms with E-state index in [1.54, 1.807) is 42.4 Å². The van der Waals surface area contributed by atoms with Crippen molar-refractivity contribution in [2.75, 3.05) is 12.4 Å². The largest absolute Gasteiger partial charge is 0.497 e. The zero-order chi connectivity index (χ0) is 24.2. The molecule has 1 N–H and O–H groups in total. The highest BCUT2D eigenvalue weighted by Crippen LogP contribution is 2.35. The van der Waals surface area contributed by atoms with Crippen LogP contribution < -0.4 is 10.1 Å². The lowest BCUT2D eigenvalue weighted by molar-refractivity contribution is 0.102.